The molecule has 0 spiro atoms. The number of halogens is 1. The number of benzene rings is 5. The van der Waals surface area contributed by atoms with Crippen LogP contribution < -0.4 is 68.2 Å². The highest BCUT2D eigenvalue weighted by molar-refractivity contribution is 8.76. The number of carbonyl (C=O) groups is 7. The topological polar surface area (TPSA) is 372 Å². The zero-order valence-corrected chi connectivity index (χ0v) is 54.6. The van der Waals surface area contributed by atoms with Gasteiger partial charge in [-0.3, -0.25) is 33.6 Å². The quantitative estimate of drug-likeness (QED) is 0.0364. The number of aliphatic hydroxyl groups excluding tert-OH is 3. The zero-order chi connectivity index (χ0) is 67.8. The van der Waals surface area contributed by atoms with E-state index in [1.54, 1.807) is 60.8 Å². The first kappa shape index (κ1) is 72.5. The van der Waals surface area contributed by atoms with Gasteiger partial charge in [0.05, 0.1) is 37.5 Å². The van der Waals surface area contributed by atoms with Gasteiger partial charge in [-0.05, 0) is 118 Å². The first-order valence-corrected chi connectivity index (χ1v) is 34.3. The van der Waals surface area contributed by atoms with Crippen molar-refractivity contribution in [3.05, 3.63) is 162 Å². The summed E-state index contributed by atoms with van der Waals surface area (Å²) in [5.41, 5.74) is 16.2. The van der Waals surface area contributed by atoms with Gasteiger partial charge in [-0.1, -0.05) is 113 Å². The van der Waals surface area contributed by atoms with Crippen LogP contribution in [0, 0.1) is 11.7 Å². The molecule has 0 saturated carbocycles. The highest BCUT2D eigenvalue weighted by atomic mass is 33.1. The Hall–Kier alpha value is -8.28. The molecule has 1 unspecified atom stereocenters. The summed E-state index contributed by atoms with van der Waals surface area (Å²) in [4.78, 5) is 103. The number of nitrogens with one attached hydrogen (secondary N) is 9. The number of aromatic amines is 1. The van der Waals surface area contributed by atoms with Crippen LogP contribution in [0.25, 0.3) is 10.9 Å². The van der Waals surface area contributed by atoms with Crippen LogP contribution in [0.2, 0.25) is 0 Å². The Kier molecular flexibility index (Phi) is 27.9. The van der Waals surface area contributed by atoms with Gasteiger partial charge in [0, 0.05) is 60.0 Å². The van der Waals surface area contributed by atoms with Crippen LogP contribution in [-0.2, 0) is 52.8 Å². The lowest BCUT2D eigenvalue weighted by molar-refractivity contribution is -0.136. The summed E-state index contributed by atoms with van der Waals surface area (Å²) in [6.45, 7) is 4.96. The third-order valence-electron chi connectivity index (χ3n) is 16.6. The predicted octanol–water partition coefficient (Wildman–Crippen LogP) is 2.52. The molecule has 0 bridgehead atoms. The Labute approximate surface area is 558 Å². The van der Waals surface area contributed by atoms with Crippen molar-refractivity contribution in [3.8, 4) is 17.2 Å². The minimum atomic E-state index is -1.66. The minimum absolute atomic E-state index is 0.0340. The number of fused-ring (bicyclic) bond motifs is 2. The van der Waals surface area contributed by atoms with E-state index in [-0.39, 0.29) is 56.3 Å². The lowest BCUT2D eigenvalue weighted by Gasteiger charge is -2.32. The van der Waals surface area contributed by atoms with Crippen LogP contribution in [0.1, 0.15) is 67.7 Å². The molecule has 3 aliphatic heterocycles. The maximum Gasteiger partial charge on any atom is 0.245 e. The molecule has 27 heteroatoms. The molecule has 95 heavy (non-hydrogen) atoms. The van der Waals surface area contributed by atoms with E-state index >= 15 is 0 Å². The summed E-state index contributed by atoms with van der Waals surface area (Å²) in [5.74, 6) is -3.22. The fourth-order valence-corrected chi connectivity index (χ4v) is 13.5. The zero-order valence-electron chi connectivity index (χ0n) is 53.0. The number of aromatic nitrogens is 1. The molecule has 12 atom stereocenters. The van der Waals surface area contributed by atoms with Gasteiger partial charge in [-0.2, -0.15) is 0 Å². The van der Waals surface area contributed by atoms with Gasteiger partial charge in [0.25, 0.3) is 0 Å². The highest BCUT2D eigenvalue weighted by Crippen LogP contribution is 2.37. The van der Waals surface area contributed by atoms with E-state index in [4.69, 9.17) is 25.7 Å². The maximum atomic E-state index is 14.7. The van der Waals surface area contributed by atoms with Crippen molar-refractivity contribution in [2.75, 3.05) is 51.1 Å². The lowest BCUT2D eigenvalue weighted by Crippen LogP contribution is -2.62. The summed E-state index contributed by atoms with van der Waals surface area (Å²) in [5, 5.41) is 53.9. The fraction of sp³-hybridized carbons (Fsp3) is 0.426. The summed E-state index contributed by atoms with van der Waals surface area (Å²) < 4.78 is 29.9. The van der Waals surface area contributed by atoms with E-state index < -0.39 is 108 Å². The Balaban J connectivity index is 0.000000397. The van der Waals surface area contributed by atoms with Gasteiger partial charge < -0.3 is 88.5 Å². The van der Waals surface area contributed by atoms with Crippen LogP contribution in [0.3, 0.4) is 0 Å². The second-order valence-electron chi connectivity index (χ2n) is 23.7. The molecule has 5 aromatic carbocycles. The fourth-order valence-electron chi connectivity index (χ4n) is 11.1. The predicted molar refractivity (Wildman–Crippen MR) is 360 cm³/mol. The Morgan fingerprint density at radius 1 is 0.737 bits per heavy atom. The van der Waals surface area contributed by atoms with Crippen molar-refractivity contribution in [1.29, 1.82) is 0 Å². The number of carbonyl (C=O) groups excluding carboxylic acids is 7. The number of ether oxygens (including phenoxy) is 3. The maximum absolute atomic E-state index is 14.7. The average Bonchev–Trinajstić information content (AvgIpc) is 1.84. The van der Waals surface area contributed by atoms with Gasteiger partial charge in [-0.15, -0.1) is 0 Å². The highest BCUT2D eigenvalue weighted by Gasteiger charge is 2.37. The molecular formula is C68H86FN11O13S2. The van der Waals surface area contributed by atoms with Gasteiger partial charge in [0.2, 0.25) is 48.1 Å². The monoisotopic (exact) mass is 1350 g/mol. The van der Waals surface area contributed by atoms with Crippen LogP contribution >= 0.6 is 21.6 Å². The van der Waals surface area contributed by atoms with Gasteiger partial charge >= 0.3 is 0 Å². The first-order chi connectivity index (χ1) is 45.9. The van der Waals surface area contributed by atoms with Crippen molar-refractivity contribution in [3.63, 3.8) is 0 Å². The summed E-state index contributed by atoms with van der Waals surface area (Å²) in [7, 11) is 2.06. The number of rotatable bonds is 21. The van der Waals surface area contributed by atoms with Gasteiger partial charge in [-0.25, -0.2) is 4.39 Å². The summed E-state index contributed by atoms with van der Waals surface area (Å²) >= 11 is 0. The van der Waals surface area contributed by atoms with E-state index in [0.717, 1.165) is 74.8 Å². The van der Waals surface area contributed by atoms with Crippen molar-refractivity contribution >= 4 is 73.8 Å². The molecule has 6 aromatic rings. The van der Waals surface area contributed by atoms with Crippen molar-refractivity contribution in [2.45, 2.75) is 125 Å². The van der Waals surface area contributed by atoms with E-state index in [1.165, 1.54) is 31.5 Å². The molecule has 0 aliphatic carbocycles. The molecule has 9 rings (SSSR count). The molecule has 2 saturated heterocycles. The normalized spacial score (nSPS) is 22.7. The van der Waals surface area contributed by atoms with Crippen LogP contribution in [0.15, 0.2) is 134 Å². The molecule has 2 fully saturated rings. The Bertz CT molecular complexity index is 3490. The number of hydrogen-bond acceptors (Lipinski definition) is 18. The third-order valence-corrected chi connectivity index (χ3v) is 19.0. The molecule has 16 N–H and O–H groups in total. The number of aliphatic hydroxyl groups is 3. The third kappa shape index (κ3) is 21.6. The van der Waals surface area contributed by atoms with E-state index in [1.807, 2.05) is 60.7 Å². The second kappa shape index (κ2) is 36.6. The average molecular weight is 1350 g/mol. The van der Waals surface area contributed by atoms with Crippen molar-refractivity contribution < 1.29 is 67.5 Å². The number of hydrogen-bond donors (Lipinski definition) is 14. The smallest absolute Gasteiger partial charge is 0.245 e. The molecule has 1 aromatic heterocycles. The molecule has 3 aliphatic rings. The van der Waals surface area contributed by atoms with Crippen LogP contribution in [-0.4, -0.2) is 173 Å². The Morgan fingerprint density at radius 2 is 1.39 bits per heavy atom. The molecule has 7 amide bonds. The lowest BCUT2D eigenvalue weighted by atomic mass is 9.81. The van der Waals surface area contributed by atoms with E-state index in [0.29, 0.717) is 42.4 Å². The molecule has 0 radical (unpaired) electrons. The minimum Gasteiger partial charge on any atom is -0.493 e. The second-order valence-corrected chi connectivity index (χ2v) is 26.3. The largest absolute Gasteiger partial charge is 0.493 e. The molecule has 24 nitrogen and oxygen atoms in total. The van der Waals surface area contributed by atoms with Crippen molar-refractivity contribution in [1.82, 2.24) is 47.5 Å². The SMILES string of the molecule is CC(O)[C@@H]1NC(=O)[C@H](CCCCN)NC(=O)[C@@H](Cc2c[nH]c3ccccc23)NC(=O)[C@H](Cc2ccccc2)NC(=O)[C@@H](NC(=O)[C@H](N)Cc2ccccc2)CSSC[C@@H](C(=O)N[C@H](CO)[C@@H](C)O)NC1=O.Fc1ccc([C@@H]2CCNC[C@H]2COc2ccc3c(c2)OCO3)cc1. The standard InChI is InChI=1S/C49H66N10O10S2.C19H20FNO3/c1-28(61)39(25-60)56-48(68)41-27-71-70-26-40(57-43(63)34(51)21-30-13-5-3-6-14-30)47(67)54-37(22-31-15-7-4-8-16-31)45(65)55-38(23-32-24-52-35-18-10-9-17-33(32)35)46(66)53-36(19-11-12-20-50)44(64)59-42(29(2)62)49(69)58-41;20-15-3-1-13(2-4-15)17-7-8-21-10-14(17)11-22-16-5-6-18-19(9-16)24-12-23-18/h3-10,13-18,24,28-29,34,36-42,52,60-62H,11-12,19-23,25-27,50-51H2,1-2H3,(H,53,66)(H,54,67)(H,55,65)(H,56,68)(H,57,63)(H,58,69)(H,59,64);1-6,9,14,17,21H,7-8,10-12H2/t28-,29?,34-,36+,37+,38-,39-,40+,41+,42+;14-,17-/m10/s1. The number of unbranched alkanes of at least 4 members (excludes halogenated alkanes) is 1. The molecule has 510 valence electrons. The summed E-state index contributed by atoms with van der Waals surface area (Å²) in [6.07, 6.45) is 0.872. The number of H-pyrrole nitrogens is 1. The van der Waals surface area contributed by atoms with E-state index in [9.17, 15) is 53.3 Å². The number of para-hydroxylation sites is 1. The van der Waals surface area contributed by atoms with E-state index in [2.05, 4.69) is 47.5 Å². The number of amides is 7. The summed E-state index contributed by atoms with van der Waals surface area (Å²) in [6, 6.07) is 27.1. The van der Waals surface area contributed by atoms with Crippen molar-refractivity contribution in [2.24, 2.45) is 17.4 Å². The van der Waals surface area contributed by atoms with Gasteiger partial charge in [0.1, 0.15) is 47.8 Å². The number of piperidine rings is 1. The van der Waals surface area contributed by atoms with Crippen LogP contribution in [0.5, 0.6) is 17.2 Å². The number of nitrogens with two attached hydrogens (primary N) is 2. The first-order valence-electron chi connectivity index (χ1n) is 31.8. The van der Waals surface area contributed by atoms with Crippen LogP contribution in [0.4, 0.5) is 4.39 Å². The molecule has 4 heterocycles. The molecular weight excluding hydrogens is 1260 g/mol. The Morgan fingerprint density at radius 3 is 2.09 bits per heavy atom. The van der Waals surface area contributed by atoms with Gasteiger partial charge in [0.15, 0.2) is 11.5 Å².